The van der Waals surface area contributed by atoms with Crippen molar-refractivity contribution in [1.82, 2.24) is 0 Å². The number of thiophene rings is 1. The van der Waals surface area contributed by atoms with E-state index in [-0.39, 0.29) is 5.82 Å². The minimum absolute atomic E-state index is 0.250. The largest absolute Gasteiger partial charge is 0.398 e. The van der Waals surface area contributed by atoms with Crippen molar-refractivity contribution in [3.63, 3.8) is 0 Å². The molecule has 0 aliphatic rings. The second-order valence-electron chi connectivity index (χ2n) is 3.12. The summed E-state index contributed by atoms with van der Waals surface area (Å²) in [6, 6.07) is 6.41. The fourth-order valence-electron chi connectivity index (χ4n) is 1.43. The smallest absolute Gasteiger partial charge is 0.123 e. The van der Waals surface area contributed by atoms with Crippen molar-refractivity contribution < 1.29 is 4.39 Å². The molecule has 3 heteroatoms. The molecule has 0 aliphatic heterocycles. The van der Waals surface area contributed by atoms with Gasteiger partial charge in [0.2, 0.25) is 0 Å². The molecule has 2 N–H and O–H groups in total. The molecule has 1 aromatic carbocycles. The Morgan fingerprint density at radius 3 is 2.64 bits per heavy atom. The summed E-state index contributed by atoms with van der Waals surface area (Å²) in [6.07, 6.45) is 0. The first-order valence-electron chi connectivity index (χ1n) is 4.28. The van der Waals surface area contributed by atoms with Crippen molar-refractivity contribution >= 4 is 17.0 Å². The van der Waals surface area contributed by atoms with E-state index in [9.17, 15) is 4.39 Å². The SMILES string of the molecule is Cc1sccc1-c1cc(F)ccc1N. The predicted octanol–water partition coefficient (Wildman–Crippen LogP) is 3.44. The van der Waals surface area contributed by atoms with Gasteiger partial charge in [0.15, 0.2) is 0 Å². The second-order valence-corrected chi connectivity index (χ2v) is 4.24. The van der Waals surface area contributed by atoms with Crippen LogP contribution in [0.1, 0.15) is 4.88 Å². The fourth-order valence-corrected chi connectivity index (χ4v) is 2.14. The lowest BCUT2D eigenvalue weighted by Gasteiger charge is -2.04. The van der Waals surface area contributed by atoms with Gasteiger partial charge < -0.3 is 5.73 Å². The van der Waals surface area contributed by atoms with Crippen LogP contribution in [-0.4, -0.2) is 0 Å². The van der Waals surface area contributed by atoms with Crippen molar-refractivity contribution in [2.45, 2.75) is 6.92 Å². The summed E-state index contributed by atoms with van der Waals surface area (Å²) < 4.78 is 13.0. The van der Waals surface area contributed by atoms with Gasteiger partial charge in [-0.2, -0.15) is 0 Å². The fraction of sp³-hybridized carbons (Fsp3) is 0.0909. The number of halogens is 1. The summed E-state index contributed by atoms with van der Waals surface area (Å²) in [6.45, 7) is 2.00. The number of nitrogens with two attached hydrogens (primary N) is 1. The van der Waals surface area contributed by atoms with E-state index < -0.39 is 0 Å². The van der Waals surface area contributed by atoms with Crippen molar-refractivity contribution in [3.05, 3.63) is 40.3 Å². The number of rotatable bonds is 1. The van der Waals surface area contributed by atoms with Gasteiger partial charge in [-0.25, -0.2) is 4.39 Å². The van der Waals surface area contributed by atoms with Crippen LogP contribution in [-0.2, 0) is 0 Å². The van der Waals surface area contributed by atoms with E-state index in [4.69, 9.17) is 5.73 Å². The molecule has 0 fully saturated rings. The summed E-state index contributed by atoms with van der Waals surface area (Å²) in [5.41, 5.74) is 8.21. The van der Waals surface area contributed by atoms with Gasteiger partial charge in [-0.3, -0.25) is 0 Å². The molecule has 0 unspecified atom stereocenters. The number of nitrogen functional groups attached to an aromatic ring is 1. The van der Waals surface area contributed by atoms with Gasteiger partial charge >= 0.3 is 0 Å². The molecule has 0 radical (unpaired) electrons. The average Bonchev–Trinajstić information content (AvgIpc) is 2.56. The standard InChI is InChI=1S/C11H10FNS/c1-7-9(4-5-14-7)10-6-8(12)2-3-11(10)13/h2-6H,13H2,1H3. The van der Waals surface area contributed by atoms with Crippen LogP contribution in [0.2, 0.25) is 0 Å². The Balaban J connectivity index is 2.62. The number of benzene rings is 1. The van der Waals surface area contributed by atoms with Crippen LogP contribution < -0.4 is 5.73 Å². The van der Waals surface area contributed by atoms with Crippen molar-refractivity contribution in [2.24, 2.45) is 0 Å². The Morgan fingerprint density at radius 1 is 1.21 bits per heavy atom. The van der Waals surface area contributed by atoms with Gasteiger partial charge in [-0.15, -0.1) is 11.3 Å². The van der Waals surface area contributed by atoms with Crippen molar-refractivity contribution in [2.75, 3.05) is 5.73 Å². The molecule has 0 bridgehead atoms. The van der Waals surface area contributed by atoms with Gasteiger partial charge in [0.05, 0.1) is 0 Å². The monoisotopic (exact) mass is 207 g/mol. The Morgan fingerprint density at radius 2 is 2.00 bits per heavy atom. The summed E-state index contributed by atoms with van der Waals surface area (Å²) >= 11 is 1.64. The zero-order valence-electron chi connectivity index (χ0n) is 7.75. The van der Waals surface area contributed by atoms with Gasteiger partial charge in [0.25, 0.3) is 0 Å². The molecule has 72 valence electrons. The first kappa shape index (κ1) is 9.21. The zero-order chi connectivity index (χ0) is 10.1. The maximum atomic E-state index is 13.0. The topological polar surface area (TPSA) is 26.0 Å². The molecule has 2 aromatic rings. The molecule has 0 amide bonds. The van der Waals surface area contributed by atoms with E-state index in [1.807, 2.05) is 18.4 Å². The molecule has 0 saturated heterocycles. The molecule has 1 aromatic heterocycles. The Labute approximate surface area is 86.0 Å². The van der Waals surface area contributed by atoms with Crippen LogP contribution in [0.3, 0.4) is 0 Å². The third-order valence-electron chi connectivity index (χ3n) is 2.16. The minimum Gasteiger partial charge on any atom is -0.398 e. The van der Waals surface area contributed by atoms with Crippen LogP contribution in [0.15, 0.2) is 29.6 Å². The minimum atomic E-state index is -0.250. The first-order valence-corrected chi connectivity index (χ1v) is 5.16. The predicted molar refractivity (Wildman–Crippen MR) is 58.9 cm³/mol. The lowest BCUT2D eigenvalue weighted by atomic mass is 10.1. The van der Waals surface area contributed by atoms with Crippen LogP contribution in [0.5, 0.6) is 0 Å². The molecule has 14 heavy (non-hydrogen) atoms. The Hall–Kier alpha value is -1.35. The number of anilines is 1. The van der Waals surface area contributed by atoms with E-state index in [1.54, 1.807) is 17.4 Å². The molecule has 1 heterocycles. The van der Waals surface area contributed by atoms with Crippen LogP contribution in [0, 0.1) is 12.7 Å². The van der Waals surface area contributed by atoms with Crippen LogP contribution >= 0.6 is 11.3 Å². The normalized spacial score (nSPS) is 10.4. The van der Waals surface area contributed by atoms with E-state index in [1.165, 1.54) is 12.1 Å². The molecule has 0 spiro atoms. The highest BCUT2D eigenvalue weighted by Crippen LogP contribution is 2.31. The third-order valence-corrected chi connectivity index (χ3v) is 3.01. The van der Waals surface area contributed by atoms with Crippen molar-refractivity contribution in [3.8, 4) is 11.1 Å². The highest BCUT2D eigenvalue weighted by Gasteiger charge is 2.07. The molecule has 1 nitrogen and oxygen atoms in total. The quantitative estimate of drug-likeness (QED) is 0.712. The lowest BCUT2D eigenvalue weighted by Crippen LogP contribution is -1.90. The van der Waals surface area contributed by atoms with E-state index in [0.29, 0.717) is 5.69 Å². The van der Waals surface area contributed by atoms with Crippen LogP contribution in [0.25, 0.3) is 11.1 Å². The van der Waals surface area contributed by atoms with Gasteiger partial charge in [0, 0.05) is 16.1 Å². The van der Waals surface area contributed by atoms with E-state index in [0.717, 1.165) is 16.0 Å². The van der Waals surface area contributed by atoms with Gasteiger partial charge in [-0.05, 0) is 42.1 Å². The van der Waals surface area contributed by atoms with Crippen LogP contribution in [0.4, 0.5) is 10.1 Å². The first-order chi connectivity index (χ1) is 6.68. The number of hydrogen-bond acceptors (Lipinski definition) is 2. The van der Waals surface area contributed by atoms with Gasteiger partial charge in [0.1, 0.15) is 5.82 Å². The third kappa shape index (κ3) is 1.51. The summed E-state index contributed by atoms with van der Waals surface area (Å²) in [5.74, 6) is -0.250. The molecular formula is C11H10FNS. The van der Waals surface area contributed by atoms with Crippen molar-refractivity contribution in [1.29, 1.82) is 0 Å². The molecule has 0 aliphatic carbocycles. The molecule has 2 rings (SSSR count). The maximum absolute atomic E-state index is 13.0. The Bertz CT molecular complexity index is 462. The zero-order valence-corrected chi connectivity index (χ0v) is 8.57. The maximum Gasteiger partial charge on any atom is 0.123 e. The second kappa shape index (κ2) is 3.42. The summed E-state index contributed by atoms with van der Waals surface area (Å²) in [5, 5.41) is 1.98. The van der Waals surface area contributed by atoms with Gasteiger partial charge in [-0.1, -0.05) is 0 Å². The molecular weight excluding hydrogens is 197 g/mol. The van der Waals surface area contributed by atoms with E-state index in [2.05, 4.69) is 0 Å². The summed E-state index contributed by atoms with van der Waals surface area (Å²) in [7, 11) is 0. The highest BCUT2D eigenvalue weighted by atomic mass is 32.1. The molecule has 0 atom stereocenters. The van der Waals surface area contributed by atoms with E-state index >= 15 is 0 Å². The number of aryl methyl sites for hydroxylation is 1. The summed E-state index contributed by atoms with van der Waals surface area (Å²) in [4.78, 5) is 1.15. The highest BCUT2D eigenvalue weighted by molar-refractivity contribution is 7.10. The average molecular weight is 207 g/mol. The number of hydrogen-bond donors (Lipinski definition) is 1. The lowest BCUT2D eigenvalue weighted by molar-refractivity contribution is 0.628. The Kier molecular flexibility index (Phi) is 2.25. The molecule has 0 saturated carbocycles.